The molecular formula is C15H14F4N2S. The van der Waals surface area contributed by atoms with Gasteiger partial charge in [0.1, 0.15) is 0 Å². The molecule has 1 aromatic heterocycles. The maximum atomic E-state index is 13.5. The van der Waals surface area contributed by atoms with E-state index >= 15 is 0 Å². The van der Waals surface area contributed by atoms with Crippen LogP contribution < -0.4 is 5.32 Å². The standard InChI is InChI=1S/C15H14F4N2S/c16-11-4-12(17)14(19)10(13(11)18)7-20-5-9-6-21-15(22-9)8-2-1-3-8/h4,6,8,20H,1-3,5,7H2. The number of thiazole rings is 1. The Morgan fingerprint density at radius 2 is 1.77 bits per heavy atom. The largest absolute Gasteiger partial charge is 0.308 e. The minimum absolute atomic E-state index is 0.211. The molecule has 0 amide bonds. The van der Waals surface area contributed by atoms with E-state index in [2.05, 4.69) is 10.3 Å². The van der Waals surface area contributed by atoms with Gasteiger partial charge in [0.25, 0.3) is 0 Å². The van der Waals surface area contributed by atoms with Gasteiger partial charge in [0.2, 0.25) is 0 Å². The van der Waals surface area contributed by atoms with Crippen molar-refractivity contribution in [3.8, 4) is 0 Å². The number of aromatic nitrogens is 1. The molecule has 118 valence electrons. The first-order valence-corrected chi connectivity index (χ1v) is 7.85. The summed E-state index contributed by atoms with van der Waals surface area (Å²) >= 11 is 1.56. The summed E-state index contributed by atoms with van der Waals surface area (Å²) in [6.45, 7) is 0.0599. The Kier molecular flexibility index (Phi) is 4.44. The minimum atomic E-state index is -1.39. The van der Waals surface area contributed by atoms with Gasteiger partial charge in [-0.15, -0.1) is 11.3 Å². The Bertz CT molecular complexity index is 656. The zero-order chi connectivity index (χ0) is 15.7. The number of benzene rings is 1. The number of hydrogen-bond acceptors (Lipinski definition) is 3. The lowest BCUT2D eigenvalue weighted by Crippen LogP contribution is -2.16. The first kappa shape index (κ1) is 15.4. The minimum Gasteiger partial charge on any atom is -0.308 e. The van der Waals surface area contributed by atoms with Crippen molar-refractivity contribution in [1.29, 1.82) is 0 Å². The molecule has 0 aliphatic heterocycles. The van der Waals surface area contributed by atoms with Crippen LogP contribution in [0.3, 0.4) is 0 Å². The summed E-state index contributed by atoms with van der Waals surface area (Å²) in [7, 11) is 0. The van der Waals surface area contributed by atoms with Crippen LogP contribution in [0.1, 0.15) is 40.6 Å². The van der Waals surface area contributed by atoms with Crippen molar-refractivity contribution in [1.82, 2.24) is 10.3 Å². The average molecular weight is 330 g/mol. The van der Waals surface area contributed by atoms with Gasteiger partial charge in [-0.25, -0.2) is 22.5 Å². The van der Waals surface area contributed by atoms with Gasteiger partial charge < -0.3 is 5.32 Å². The number of hydrogen-bond donors (Lipinski definition) is 1. The monoisotopic (exact) mass is 330 g/mol. The van der Waals surface area contributed by atoms with E-state index in [9.17, 15) is 17.6 Å². The third kappa shape index (κ3) is 3.01. The second-order valence-corrected chi connectivity index (χ2v) is 6.49. The van der Waals surface area contributed by atoms with E-state index in [1.165, 1.54) is 6.42 Å². The molecule has 1 fully saturated rings. The quantitative estimate of drug-likeness (QED) is 0.655. The number of halogens is 4. The molecule has 0 bridgehead atoms. The molecule has 7 heteroatoms. The van der Waals surface area contributed by atoms with Gasteiger partial charge in [0.05, 0.1) is 5.01 Å². The maximum Gasteiger partial charge on any atom is 0.166 e. The third-order valence-electron chi connectivity index (χ3n) is 3.83. The lowest BCUT2D eigenvalue weighted by molar-refractivity contribution is 0.418. The summed E-state index contributed by atoms with van der Waals surface area (Å²) in [5, 5.41) is 3.88. The summed E-state index contributed by atoms with van der Waals surface area (Å²) in [6, 6.07) is 0.211. The number of nitrogens with one attached hydrogen (secondary N) is 1. The van der Waals surface area contributed by atoms with Crippen molar-refractivity contribution in [3.63, 3.8) is 0 Å². The topological polar surface area (TPSA) is 24.9 Å². The zero-order valence-corrected chi connectivity index (χ0v) is 12.5. The van der Waals surface area contributed by atoms with E-state index in [0.29, 0.717) is 12.5 Å². The van der Waals surface area contributed by atoms with Crippen LogP contribution in [0.25, 0.3) is 0 Å². The lowest BCUT2D eigenvalue weighted by Gasteiger charge is -2.22. The van der Waals surface area contributed by atoms with Crippen LogP contribution in [0.5, 0.6) is 0 Å². The van der Waals surface area contributed by atoms with Crippen molar-refractivity contribution >= 4 is 11.3 Å². The van der Waals surface area contributed by atoms with Crippen molar-refractivity contribution < 1.29 is 17.6 Å². The predicted molar refractivity (Wildman–Crippen MR) is 75.5 cm³/mol. The van der Waals surface area contributed by atoms with Crippen molar-refractivity contribution in [2.45, 2.75) is 38.3 Å². The highest BCUT2D eigenvalue weighted by atomic mass is 32.1. The molecule has 1 aliphatic carbocycles. The summed E-state index contributed by atoms with van der Waals surface area (Å²) in [4.78, 5) is 5.27. The van der Waals surface area contributed by atoms with E-state index < -0.39 is 28.8 Å². The van der Waals surface area contributed by atoms with Gasteiger partial charge in [-0.1, -0.05) is 6.42 Å². The number of rotatable bonds is 5. The SMILES string of the molecule is Fc1cc(F)c(F)c(CNCc2cnc(C3CCC3)s2)c1F. The van der Waals surface area contributed by atoms with E-state index in [0.717, 1.165) is 22.7 Å². The van der Waals surface area contributed by atoms with Crippen molar-refractivity contribution in [2.75, 3.05) is 0 Å². The van der Waals surface area contributed by atoms with E-state index in [4.69, 9.17) is 0 Å². The van der Waals surface area contributed by atoms with Gasteiger partial charge in [-0.3, -0.25) is 0 Å². The molecule has 0 radical (unpaired) electrons. The highest BCUT2D eigenvalue weighted by Gasteiger charge is 2.22. The highest BCUT2D eigenvalue weighted by Crippen LogP contribution is 2.38. The fourth-order valence-electron chi connectivity index (χ4n) is 2.34. The second-order valence-electron chi connectivity index (χ2n) is 5.34. The first-order chi connectivity index (χ1) is 10.6. The van der Waals surface area contributed by atoms with Crippen molar-refractivity contribution in [2.24, 2.45) is 0 Å². The van der Waals surface area contributed by atoms with E-state index in [-0.39, 0.29) is 12.6 Å². The van der Waals surface area contributed by atoms with Crippen LogP contribution in [-0.4, -0.2) is 4.98 Å². The molecule has 2 nitrogen and oxygen atoms in total. The van der Waals surface area contributed by atoms with Gasteiger partial charge in [-0.2, -0.15) is 0 Å². The Balaban J connectivity index is 1.62. The molecule has 1 aromatic carbocycles. The number of nitrogens with zero attached hydrogens (tertiary/aromatic N) is 1. The zero-order valence-electron chi connectivity index (χ0n) is 11.6. The van der Waals surface area contributed by atoms with Crippen LogP contribution in [0.4, 0.5) is 17.6 Å². The lowest BCUT2D eigenvalue weighted by atomic mass is 9.86. The Morgan fingerprint density at radius 3 is 2.36 bits per heavy atom. The molecule has 0 spiro atoms. The molecule has 1 heterocycles. The van der Waals surface area contributed by atoms with Gasteiger partial charge in [0.15, 0.2) is 23.3 Å². The fourth-order valence-corrected chi connectivity index (χ4v) is 3.39. The first-order valence-electron chi connectivity index (χ1n) is 7.03. The highest BCUT2D eigenvalue weighted by molar-refractivity contribution is 7.11. The molecule has 0 unspecified atom stereocenters. The second kappa shape index (κ2) is 6.34. The molecule has 1 aliphatic rings. The van der Waals surface area contributed by atoms with Crippen LogP contribution in [-0.2, 0) is 13.1 Å². The smallest absolute Gasteiger partial charge is 0.166 e. The van der Waals surface area contributed by atoms with E-state index in [1.54, 1.807) is 17.5 Å². The molecule has 0 saturated heterocycles. The Labute approximate surface area is 129 Å². The molecule has 1 N–H and O–H groups in total. The molecular weight excluding hydrogens is 316 g/mol. The molecule has 22 heavy (non-hydrogen) atoms. The normalized spacial score (nSPS) is 15.1. The third-order valence-corrected chi connectivity index (χ3v) is 4.99. The molecule has 1 saturated carbocycles. The maximum absolute atomic E-state index is 13.5. The van der Waals surface area contributed by atoms with Gasteiger partial charge in [0, 0.05) is 41.7 Å². The Morgan fingerprint density at radius 1 is 1.09 bits per heavy atom. The van der Waals surface area contributed by atoms with Crippen LogP contribution in [0.2, 0.25) is 0 Å². The molecule has 0 atom stereocenters. The summed E-state index contributed by atoms with van der Waals surface area (Å²) in [6.07, 6.45) is 5.25. The van der Waals surface area contributed by atoms with Crippen LogP contribution in [0.15, 0.2) is 12.3 Å². The summed E-state index contributed by atoms with van der Waals surface area (Å²) in [5.41, 5.74) is -0.624. The van der Waals surface area contributed by atoms with Crippen molar-refractivity contribution in [3.05, 3.63) is 51.0 Å². The van der Waals surface area contributed by atoms with Gasteiger partial charge >= 0.3 is 0 Å². The van der Waals surface area contributed by atoms with E-state index in [1.807, 2.05) is 0 Å². The van der Waals surface area contributed by atoms with Crippen LogP contribution in [0, 0.1) is 23.3 Å². The summed E-state index contributed by atoms with van der Waals surface area (Å²) < 4.78 is 53.2. The predicted octanol–water partition coefficient (Wildman–Crippen LogP) is 4.26. The Hall–Kier alpha value is -1.47. The summed E-state index contributed by atoms with van der Waals surface area (Å²) in [5.74, 6) is -4.95. The molecule has 2 aromatic rings. The fraction of sp³-hybridized carbons (Fsp3) is 0.400. The molecule has 3 rings (SSSR count). The van der Waals surface area contributed by atoms with Crippen LogP contribution >= 0.6 is 11.3 Å². The van der Waals surface area contributed by atoms with Gasteiger partial charge in [-0.05, 0) is 12.8 Å². The average Bonchev–Trinajstić information content (AvgIpc) is 2.87.